The lowest BCUT2D eigenvalue weighted by atomic mass is 9.96. The molecule has 0 radical (unpaired) electrons. The predicted molar refractivity (Wildman–Crippen MR) is 73.7 cm³/mol. The maximum absolute atomic E-state index is 11.2. The third-order valence-corrected chi connectivity index (χ3v) is 2.88. The van der Waals surface area contributed by atoms with Gasteiger partial charge in [-0.05, 0) is 24.7 Å². The molecule has 2 atom stereocenters. The number of methoxy groups -OCH3 is 1. The van der Waals surface area contributed by atoms with Gasteiger partial charge in [-0.2, -0.15) is 0 Å². The van der Waals surface area contributed by atoms with Crippen molar-refractivity contribution < 1.29 is 14.6 Å². The van der Waals surface area contributed by atoms with Gasteiger partial charge in [0.1, 0.15) is 0 Å². The van der Waals surface area contributed by atoms with E-state index in [0.29, 0.717) is 31.4 Å². The summed E-state index contributed by atoms with van der Waals surface area (Å²) in [6.45, 7) is 9.58. The first-order valence-corrected chi connectivity index (χ1v) is 6.81. The zero-order valence-electron chi connectivity index (χ0n) is 12.4. The lowest BCUT2D eigenvalue weighted by molar-refractivity contribution is -0.142. The molecule has 0 rings (SSSR count). The van der Waals surface area contributed by atoms with Crippen molar-refractivity contribution >= 4 is 5.97 Å². The van der Waals surface area contributed by atoms with Gasteiger partial charge < -0.3 is 15.2 Å². The Labute approximate surface area is 111 Å². The number of hydrogen-bond donors (Lipinski definition) is 2. The van der Waals surface area contributed by atoms with Crippen LogP contribution in [0.4, 0.5) is 0 Å². The molecule has 4 heteroatoms. The number of aliphatic carboxylic acids is 1. The second-order valence-corrected chi connectivity index (χ2v) is 5.85. The van der Waals surface area contributed by atoms with Crippen LogP contribution in [0.2, 0.25) is 0 Å². The van der Waals surface area contributed by atoms with Gasteiger partial charge in [-0.3, -0.25) is 4.79 Å². The van der Waals surface area contributed by atoms with E-state index in [-0.39, 0.29) is 12.0 Å². The molecule has 0 aromatic heterocycles. The molecule has 0 heterocycles. The summed E-state index contributed by atoms with van der Waals surface area (Å²) in [4.78, 5) is 11.2. The fourth-order valence-corrected chi connectivity index (χ4v) is 2.13. The Morgan fingerprint density at radius 1 is 1.17 bits per heavy atom. The quantitative estimate of drug-likeness (QED) is 0.632. The Kier molecular flexibility index (Phi) is 9.02. The van der Waals surface area contributed by atoms with Crippen LogP contribution < -0.4 is 5.32 Å². The fraction of sp³-hybridized carbons (Fsp3) is 0.929. The highest BCUT2D eigenvalue weighted by Gasteiger charge is 2.20. The first kappa shape index (κ1) is 17.4. The van der Waals surface area contributed by atoms with Crippen LogP contribution >= 0.6 is 0 Å². The molecule has 0 bridgehead atoms. The standard InChI is InChI=1S/C14H29NO3/c1-10(2)6-12(14(16)17)8-15-13(9-18-5)7-11(3)4/h10-13,15H,6-9H2,1-5H3,(H,16,17). The van der Waals surface area contributed by atoms with Crippen LogP contribution in [0, 0.1) is 17.8 Å². The second-order valence-electron chi connectivity index (χ2n) is 5.85. The van der Waals surface area contributed by atoms with Gasteiger partial charge in [0.05, 0.1) is 12.5 Å². The third kappa shape index (κ3) is 8.48. The SMILES string of the molecule is COCC(CC(C)C)NCC(CC(C)C)C(=O)O. The number of carboxylic acid groups (broad SMARTS) is 1. The molecule has 18 heavy (non-hydrogen) atoms. The van der Waals surface area contributed by atoms with Gasteiger partial charge >= 0.3 is 5.97 Å². The van der Waals surface area contributed by atoms with Gasteiger partial charge in [0, 0.05) is 19.7 Å². The normalized spacial score (nSPS) is 15.1. The number of carbonyl (C=O) groups is 1. The second kappa shape index (κ2) is 9.34. The van der Waals surface area contributed by atoms with E-state index >= 15 is 0 Å². The highest BCUT2D eigenvalue weighted by molar-refractivity contribution is 5.70. The number of ether oxygens (including phenoxy) is 1. The van der Waals surface area contributed by atoms with E-state index in [4.69, 9.17) is 4.74 Å². The summed E-state index contributed by atoms with van der Waals surface area (Å²) in [5.74, 6) is -0.0432. The minimum absolute atomic E-state index is 0.240. The van der Waals surface area contributed by atoms with E-state index in [2.05, 4.69) is 33.0 Å². The zero-order chi connectivity index (χ0) is 14.1. The van der Waals surface area contributed by atoms with Crippen LogP contribution in [0.3, 0.4) is 0 Å². The molecule has 0 fully saturated rings. The molecular formula is C14H29NO3. The number of nitrogens with one attached hydrogen (secondary N) is 1. The van der Waals surface area contributed by atoms with Crippen molar-refractivity contribution in [3.8, 4) is 0 Å². The minimum Gasteiger partial charge on any atom is -0.481 e. The van der Waals surface area contributed by atoms with Crippen molar-refractivity contribution in [1.82, 2.24) is 5.32 Å². The van der Waals surface area contributed by atoms with Crippen LogP contribution in [0.25, 0.3) is 0 Å². The average molecular weight is 259 g/mol. The van der Waals surface area contributed by atoms with Crippen LogP contribution in [-0.4, -0.2) is 37.4 Å². The molecule has 2 unspecified atom stereocenters. The zero-order valence-corrected chi connectivity index (χ0v) is 12.4. The highest BCUT2D eigenvalue weighted by Crippen LogP contribution is 2.12. The molecule has 0 saturated carbocycles. The molecule has 2 N–H and O–H groups in total. The molecule has 0 spiro atoms. The van der Waals surface area contributed by atoms with Crippen molar-refractivity contribution in [2.75, 3.05) is 20.3 Å². The first-order chi connectivity index (χ1) is 8.36. The van der Waals surface area contributed by atoms with Crippen LogP contribution in [0.1, 0.15) is 40.5 Å². The lowest BCUT2D eigenvalue weighted by Crippen LogP contribution is -2.39. The predicted octanol–water partition coefficient (Wildman–Crippen LogP) is 2.38. The molecular weight excluding hydrogens is 230 g/mol. The van der Waals surface area contributed by atoms with E-state index in [9.17, 15) is 9.90 Å². The molecule has 108 valence electrons. The lowest BCUT2D eigenvalue weighted by Gasteiger charge is -2.23. The van der Waals surface area contributed by atoms with Gasteiger partial charge in [-0.15, -0.1) is 0 Å². The highest BCUT2D eigenvalue weighted by atomic mass is 16.5. The smallest absolute Gasteiger partial charge is 0.307 e. The van der Waals surface area contributed by atoms with Crippen molar-refractivity contribution in [2.24, 2.45) is 17.8 Å². The van der Waals surface area contributed by atoms with Crippen molar-refractivity contribution in [3.05, 3.63) is 0 Å². The maximum atomic E-state index is 11.2. The fourth-order valence-electron chi connectivity index (χ4n) is 2.13. The molecule has 0 aliphatic rings. The number of hydrogen-bond acceptors (Lipinski definition) is 3. The maximum Gasteiger partial charge on any atom is 0.307 e. The van der Waals surface area contributed by atoms with Gasteiger partial charge in [-0.1, -0.05) is 27.7 Å². The van der Waals surface area contributed by atoms with Crippen molar-refractivity contribution in [2.45, 2.75) is 46.6 Å². The Bertz CT molecular complexity index is 229. The summed E-state index contributed by atoms with van der Waals surface area (Å²) in [5, 5.41) is 12.5. The van der Waals surface area contributed by atoms with Crippen LogP contribution in [0.5, 0.6) is 0 Å². The molecule has 0 aromatic rings. The molecule has 0 aromatic carbocycles. The van der Waals surface area contributed by atoms with Crippen LogP contribution in [-0.2, 0) is 9.53 Å². The van der Waals surface area contributed by atoms with Gasteiger partial charge in [-0.25, -0.2) is 0 Å². The van der Waals surface area contributed by atoms with E-state index in [1.165, 1.54) is 0 Å². The molecule has 0 aliphatic heterocycles. The molecule has 4 nitrogen and oxygen atoms in total. The summed E-state index contributed by atoms with van der Waals surface area (Å²) in [6.07, 6.45) is 1.71. The van der Waals surface area contributed by atoms with Gasteiger partial charge in [0.15, 0.2) is 0 Å². The summed E-state index contributed by atoms with van der Waals surface area (Å²) in [6, 6.07) is 0.240. The van der Waals surface area contributed by atoms with E-state index in [0.717, 1.165) is 6.42 Å². The van der Waals surface area contributed by atoms with Crippen LogP contribution in [0.15, 0.2) is 0 Å². The van der Waals surface area contributed by atoms with E-state index in [1.807, 2.05) is 0 Å². The minimum atomic E-state index is -0.711. The van der Waals surface area contributed by atoms with Gasteiger partial charge in [0.2, 0.25) is 0 Å². The Morgan fingerprint density at radius 3 is 2.11 bits per heavy atom. The summed E-state index contributed by atoms with van der Waals surface area (Å²) in [5.41, 5.74) is 0. The Balaban J connectivity index is 4.22. The van der Waals surface area contributed by atoms with E-state index in [1.54, 1.807) is 7.11 Å². The molecule has 0 amide bonds. The molecule has 0 aliphatic carbocycles. The molecule has 0 saturated heterocycles. The summed E-state index contributed by atoms with van der Waals surface area (Å²) < 4.78 is 5.17. The van der Waals surface area contributed by atoms with E-state index < -0.39 is 5.97 Å². The average Bonchev–Trinajstić information content (AvgIpc) is 2.22. The third-order valence-electron chi connectivity index (χ3n) is 2.88. The number of carboxylic acids is 1. The topological polar surface area (TPSA) is 58.6 Å². The Hall–Kier alpha value is -0.610. The largest absolute Gasteiger partial charge is 0.481 e. The number of rotatable bonds is 10. The summed E-state index contributed by atoms with van der Waals surface area (Å²) in [7, 11) is 1.68. The van der Waals surface area contributed by atoms with Crippen molar-refractivity contribution in [1.29, 1.82) is 0 Å². The summed E-state index contributed by atoms with van der Waals surface area (Å²) >= 11 is 0. The first-order valence-electron chi connectivity index (χ1n) is 6.81. The Morgan fingerprint density at radius 2 is 1.72 bits per heavy atom. The van der Waals surface area contributed by atoms with Gasteiger partial charge in [0.25, 0.3) is 0 Å². The monoisotopic (exact) mass is 259 g/mol. The van der Waals surface area contributed by atoms with Crippen molar-refractivity contribution in [3.63, 3.8) is 0 Å².